The zero-order valence-electron chi connectivity index (χ0n) is 19.4. The van der Waals surface area contributed by atoms with Crippen LogP contribution >= 0.6 is 0 Å². The first-order valence-corrected chi connectivity index (χ1v) is 11.5. The second kappa shape index (κ2) is 9.75. The van der Waals surface area contributed by atoms with Gasteiger partial charge in [-0.3, -0.25) is 14.4 Å². The number of hydrogen-bond donors (Lipinski definition) is 1. The van der Waals surface area contributed by atoms with Crippen molar-refractivity contribution in [2.24, 2.45) is 5.92 Å². The Morgan fingerprint density at radius 3 is 2.80 bits per heavy atom. The Morgan fingerprint density at radius 2 is 1.97 bits per heavy atom. The van der Waals surface area contributed by atoms with E-state index < -0.39 is 5.92 Å². The Kier molecular flexibility index (Phi) is 6.37. The normalized spacial score (nSPS) is 17.1. The van der Waals surface area contributed by atoms with E-state index in [1.807, 2.05) is 6.07 Å². The number of rotatable bonds is 7. The van der Waals surface area contributed by atoms with Gasteiger partial charge in [0.25, 0.3) is 5.56 Å². The van der Waals surface area contributed by atoms with Crippen molar-refractivity contribution in [3.8, 4) is 11.5 Å². The van der Waals surface area contributed by atoms with Crippen LogP contribution in [0.5, 0.6) is 11.5 Å². The van der Waals surface area contributed by atoms with Crippen molar-refractivity contribution < 1.29 is 23.8 Å². The SMILES string of the molecule is COCCN(Cc1nc2ccccc2c(=O)[nH]1)C(=O)C1CC(=O)N(c2ccc3c(c2)OCCO3)C1. The average Bonchev–Trinajstić information content (AvgIpc) is 3.27. The molecule has 0 aliphatic carbocycles. The van der Waals surface area contributed by atoms with E-state index >= 15 is 0 Å². The predicted octanol–water partition coefficient (Wildman–Crippen LogP) is 1.72. The lowest BCUT2D eigenvalue weighted by molar-refractivity contribution is -0.137. The van der Waals surface area contributed by atoms with Gasteiger partial charge in [0.1, 0.15) is 19.0 Å². The molecule has 0 bridgehead atoms. The molecule has 1 N–H and O–H groups in total. The van der Waals surface area contributed by atoms with Crippen LogP contribution in [0.4, 0.5) is 5.69 Å². The molecule has 3 heterocycles. The van der Waals surface area contributed by atoms with Gasteiger partial charge in [-0.15, -0.1) is 0 Å². The van der Waals surface area contributed by atoms with Crippen molar-refractivity contribution in [1.29, 1.82) is 0 Å². The van der Waals surface area contributed by atoms with Crippen molar-refractivity contribution in [1.82, 2.24) is 14.9 Å². The number of para-hydroxylation sites is 1. The van der Waals surface area contributed by atoms with Crippen molar-refractivity contribution in [3.05, 3.63) is 58.6 Å². The molecule has 182 valence electrons. The fourth-order valence-corrected chi connectivity index (χ4v) is 4.44. The second-order valence-corrected chi connectivity index (χ2v) is 8.52. The van der Waals surface area contributed by atoms with Crippen molar-refractivity contribution in [2.75, 3.05) is 44.9 Å². The lowest BCUT2D eigenvalue weighted by atomic mass is 10.1. The molecule has 2 aliphatic heterocycles. The number of aromatic nitrogens is 2. The topological polar surface area (TPSA) is 114 Å². The van der Waals surface area contributed by atoms with Gasteiger partial charge in [0.2, 0.25) is 11.8 Å². The maximum absolute atomic E-state index is 13.5. The van der Waals surface area contributed by atoms with E-state index in [0.717, 1.165) is 0 Å². The predicted molar refractivity (Wildman–Crippen MR) is 128 cm³/mol. The largest absolute Gasteiger partial charge is 0.486 e. The molecular weight excluding hydrogens is 452 g/mol. The fourth-order valence-electron chi connectivity index (χ4n) is 4.44. The molecular formula is C25H26N4O6. The standard InChI is InChI=1S/C25H26N4O6/c1-33-9-8-28(15-22-26-19-5-3-2-4-18(19)24(31)27-22)25(32)16-12-23(30)29(14-16)17-6-7-20-21(13-17)35-11-10-34-20/h2-7,13,16H,8-12,14-15H2,1H3,(H,26,27,31). The molecule has 2 aromatic carbocycles. The molecule has 10 nitrogen and oxygen atoms in total. The molecule has 35 heavy (non-hydrogen) atoms. The summed E-state index contributed by atoms with van der Waals surface area (Å²) in [6, 6.07) is 12.4. The molecule has 1 aromatic heterocycles. The van der Waals surface area contributed by atoms with Crippen LogP contribution in [0.15, 0.2) is 47.3 Å². The van der Waals surface area contributed by atoms with Gasteiger partial charge in [0, 0.05) is 38.4 Å². The number of methoxy groups -OCH3 is 1. The molecule has 2 amide bonds. The summed E-state index contributed by atoms with van der Waals surface area (Å²) in [6.07, 6.45) is 0.0957. The minimum Gasteiger partial charge on any atom is -0.486 e. The maximum atomic E-state index is 13.5. The number of carbonyl (C=O) groups excluding carboxylic acids is 2. The Balaban J connectivity index is 1.34. The summed E-state index contributed by atoms with van der Waals surface area (Å²) in [7, 11) is 1.56. The zero-order chi connectivity index (χ0) is 24.4. The van der Waals surface area contributed by atoms with Crippen LogP contribution in [0.25, 0.3) is 10.9 Å². The number of nitrogens with zero attached hydrogens (tertiary/aromatic N) is 3. The highest BCUT2D eigenvalue weighted by Gasteiger charge is 2.37. The van der Waals surface area contributed by atoms with E-state index in [1.54, 1.807) is 53.3 Å². The van der Waals surface area contributed by atoms with Crippen LogP contribution in [-0.4, -0.2) is 66.7 Å². The molecule has 0 saturated carbocycles. The van der Waals surface area contributed by atoms with Crippen LogP contribution in [0, 0.1) is 5.92 Å². The highest BCUT2D eigenvalue weighted by Crippen LogP contribution is 2.36. The summed E-state index contributed by atoms with van der Waals surface area (Å²) in [4.78, 5) is 49.3. The third-order valence-corrected chi connectivity index (χ3v) is 6.19. The number of carbonyl (C=O) groups is 2. The molecule has 0 spiro atoms. The Morgan fingerprint density at radius 1 is 1.17 bits per heavy atom. The highest BCUT2D eigenvalue weighted by atomic mass is 16.6. The Bertz CT molecular complexity index is 1320. The molecule has 0 radical (unpaired) electrons. The number of hydrogen-bond acceptors (Lipinski definition) is 7. The lowest BCUT2D eigenvalue weighted by Crippen LogP contribution is -2.39. The maximum Gasteiger partial charge on any atom is 0.258 e. The van der Waals surface area contributed by atoms with Gasteiger partial charge < -0.3 is 29.0 Å². The molecule has 1 unspecified atom stereocenters. The van der Waals surface area contributed by atoms with Crippen LogP contribution in [0.2, 0.25) is 0 Å². The fraction of sp³-hybridized carbons (Fsp3) is 0.360. The first-order valence-electron chi connectivity index (χ1n) is 11.5. The first kappa shape index (κ1) is 22.9. The zero-order valence-corrected chi connectivity index (χ0v) is 19.4. The first-order chi connectivity index (χ1) is 17.0. The number of anilines is 1. The van der Waals surface area contributed by atoms with Gasteiger partial charge >= 0.3 is 0 Å². The highest BCUT2D eigenvalue weighted by molar-refractivity contribution is 6.00. The van der Waals surface area contributed by atoms with Crippen LogP contribution in [0.3, 0.4) is 0 Å². The number of H-pyrrole nitrogens is 1. The van der Waals surface area contributed by atoms with E-state index in [0.29, 0.717) is 60.3 Å². The average molecular weight is 479 g/mol. The van der Waals surface area contributed by atoms with Gasteiger partial charge in [-0.2, -0.15) is 0 Å². The van der Waals surface area contributed by atoms with E-state index in [1.165, 1.54) is 0 Å². The van der Waals surface area contributed by atoms with Gasteiger partial charge in [-0.25, -0.2) is 4.98 Å². The second-order valence-electron chi connectivity index (χ2n) is 8.52. The molecule has 1 fully saturated rings. The van der Waals surface area contributed by atoms with E-state index in [2.05, 4.69) is 9.97 Å². The molecule has 3 aromatic rings. The van der Waals surface area contributed by atoms with Gasteiger partial charge in [-0.1, -0.05) is 12.1 Å². The quantitative estimate of drug-likeness (QED) is 0.550. The third kappa shape index (κ3) is 4.69. The molecule has 2 aliphatic rings. The molecule has 5 rings (SSSR count). The van der Waals surface area contributed by atoms with Crippen molar-refractivity contribution in [2.45, 2.75) is 13.0 Å². The molecule has 10 heteroatoms. The lowest BCUT2D eigenvalue weighted by Gasteiger charge is -2.25. The summed E-state index contributed by atoms with van der Waals surface area (Å²) < 4.78 is 16.4. The molecule has 1 atom stereocenters. The van der Waals surface area contributed by atoms with Crippen molar-refractivity contribution in [3.63, 3.8) is 0 Å². The number of nitrogens with one attached hydrogen (secondary N) is 1. The minimum atomic E-state index is -0.528. The van der Waals surface area contributed by atoms with Gasteiger partial charge in [0.15, 0.2) is 11.5 Å². The third-order valence-electron chi connectivity index (χ3n) is 6.19. The number of ether oxygens (including phenoxy) is 3. The number of amides is 2. The van der Waals surface area contributed by atoms with Crippen molar-refractivity contribution >= 4 is 28.4 Å². The monoisotopic (exact) mass is 478 g/mol. The summed E-state index contributed by atoms with van der Waals surface area (Å²) in [5, 5.41) is 0.488. The smallest absolute Gasteiger partial charge is 0.258 e. The Hall–Kier alpha value is -3.92. The van der Waals surface area contributed by atoms with Crippen LogP contribution < -0.4 is 19.9 Å². The van der Waals surface area contributed by atoms with E-state index in [-0.39, 0.29) is 36.9 Å². The number of benzene rings is 2. The minimum absolute atomic E-state index is 0.0957. The van der Waals surface area contributed by atoms with Gasteiger partial charge in [-0.05, 0) is 24.3 Å². The number of aromatic amines is 1. The van der Waals surface area contributed by atoms with E-state index in [4.69, 9.17) is 14.2 Å². The Labute approximate surface area is 201 Å². The van der Waals surface area contributed by atoms with Crippen LogP contribution in [0.1, 0.15) is 12.2 Å². The summed E-state index contributed by atoms with van der Waals surface area (Å²) in [6.45, 7) is 1.92. The van der Waals surface area contributed by atoms with E-state index in [9.17, 15) is 14.4 Å². The summed E-state index contributed by atoms with van der Waals surface area (Å²) in [5.74, 6) is 0.757. The summed E-state index contributed by atoms with van der Waals surface area (Å²) in [5.41, 5.74) is 0.968. The van der Waals surface area contributed by atoms with Crippen LogP contribution in [-0.2, 0) is 20.9 Å². The summed E-state index contributed by atoms with van der Waals surface area (Å²) >= 11 is 0. The molecule has 1 saturated heterocycles. The van der Waals surface area contributed by atoms with Gasteiger partial charge in [0.05, 0.1) is 30.0 Å². The number of fused-ring (bicyclic) bond motifs is 2.